The van der Waals surface area contributed by atoms with E-state index >= 15 is 0 Å². The van der Waals surface area contributed by atoms with Crippen molar-refractivity contribution in [3.8, 4) is 0 Å². The number of carbonyl (C=O) groups is 1. The number of amides is 1. The van der Waals surface area contributed by atoms with Crippen LogP contribution in [0.3, 0.4) is 0 Å². The Morgan fingerprint density at radius 2 is 1.92 bits per heavy atom. The van der Waals surface area contributed by atoms with Gasteiger partial charge in [0.1, 0.15) is 5.69 Å². The highest BCUT2D eigenvalue weighted by Crippen LogP contribution is 2.24. The van der Waals surface area contributed by atoms with Crippen LogP contribution < -0.4 is 10.6 Å². The number of benzene rings is 2. The van der Waals surface area contributed by atoms with Crippen molar-refractivity contribution >= 4 is 39.7 Å². The molecule has 1 heterocycles. The van der Waals surface area contributed by atoms with E-state index in [1.165, 1.54) is 16.9 Å². The summed E-state index contributed by atoms with van der Waals surface area (Å²) in [6.07, 6.45) is 0. The average Bonchev–Trinajstić information content (AvgIpc) is 3.05. The summed E-state index contributed by atoms with van der Waals surface area (Å²) in [7, 11) is 0. The minimum atomic E-state index is -0.195. The first kappa shape index (κ1) is 17.5. The van der Waals surface area contributed by atoms with Crippen LogP contribution in [-0.4, -0.2) is 10.9 Å². The number of rotatable bonds is 5. The van der Waals surface area contributed by atoms with Crippen molar-refractivity contribution in [1.29, 1.82) is 0 Å². The van der Waals surface area contributed by atoms with Gasteiger partial charge in [0.25, 0.3) is 5.91 Å². The maximum atomic E-state index is 12.2. The molecule has 0 radical (unpaired) electrons. The lowest BCUT2D eigenvalue weighted by molar-refractivity contribution is 0.0946. The van der Waals surface area contributed by atoms with E-state index in [4.69, 9.17) is 11.6 Å². The fourth-order valence-electron chi connectivity index (χ4n) is 2.38. The number of nitrogens with zero attached hydrogens (tertiary/aromatic N) is 1. The van der Waals surface area contributed by atoms with E-state index in [0.717, 1.165) is 16.8 Å². The van der Waals surface area contributed by atoms with Gasteiger partial charge in [0.2, 0.25) is 0 Å². The third-order valence-corrected chi connectivity index (χ3v) is 4.74. The lowest BCUT2D eigenvalue weighted by Gasteiger charge is -2.07. The Morgan fingerprint density at radius 3 is 2.64 bits per heavy atom. The van der Waals surface area contributed by atoms with Gasteiger partial charge >= 0.3 is 0 Å². The second-order valence-electron chi connectivity index (χ2n) is 5.79. The molecule has 4 nitrogen and oxygen atoms in total. The second-order valence-corrected chi connectivity index (χ2v) is 7.08. The van der Waals surface area contributed by atoms with Crippen LogP contribution in [0.1, 0.15) is 27.2 Å². The largest absolute Gasteiger partial charge is 0.347 e. The van der Waals surface area contributed by atoms with Crippen LogP contribution in [0.25, 0.3) is 0 Å². The van der Waals surface area contributed by atoms with Crippen LogP contribution in [0.15, 0.2) is 47.8 Å². The lowest BCUT2D eigenvalue weighted by atomic mass is 10.1. The molecule has 2 aromatic carbocycles. The first-order chi connectivity index (χ1) is 12.0. The fourth-order valence-corrected chi connectivity index (χ4v) is 3.21. The molecule has 0 aliphatic carbocycles. The lowest BCUT2D eigenvalue weighted by Crippen LogP contribution is -2.23. The summed E-state index contributed by atoms with van der Waals surface area (Å²) < 4.78 is 0. The molecule has 0 atom stereocenters. The molecule has 0 saturated carbocycles. The van der Waals surface area contributed by atoms with Crippen molar-refractivity contribution in [1.82, 2.24) is 10.3 Å². The Balaban J connectivity index is 1.62. The van der Waals surface area contributed by atoms with Gasteiger partial charge in [-0.1, -0.05) is 41.4 Å². The molecule has 1 amide bonds. The Labute approximate surface area is 155 Å². The Kier molecular flexibility index (Phi) is 5.36. The Hall–Kier alpha value is -2.37. The van der Waals surface area contributed by atoms with E-state index < -0.39 is 0 Å². The van der Waals surface area contributed by atoms with E-state index in [9.17, 15) is 4.79 Å². The molecule has 3 rings (SSSR count). The van der Waals surface area contributed by atoms with Gasteiger partial charge in [-0.3, -0.25) is 4.79 Å². The summed E-state index contributed by atoms with van der Waals surface area (Å²) in [5.74, 6) is -0.195. The summed E-state index contributed by atoms with van der Waals surface area (Å²) in [6.45, 7) is 4.54. The predicted octanol–water partition coefficient (Wildman–Crippen LogP) is 5.09. The van der Waals surface area contributed by atoms with Crippen molar-refractivity contribution in [3.63, 3.8) is 0 Å². The van der Waals surface area contributed by atoms with E-state index in [0.29, 0.717) is 22.4 Å². The number of aromatic nitrogens is 1. The van der Waals surface area contributed by atoms with Gasteiger partial charge in [-0.05, 0) is 43.2 Å². The highest BCUT2D eigenvalue weighted by Gasteiger charge is 2.11. The Bertz CT molecular complexity index is 890. The fraction of sp³-hybridized carbons (Fsp3) is 0.158. The predicted molar refractivity (Wildman–Crippen MR) is 104 cm³/mol. The number of nitrogens with one attached hydrogen (secondary N) is 2. The summed E-state index contributed by atoms with van der Waals surface area (Å²) in [6, 6.07) is 13.5. The zero-order chi connectivity index (χ0) is 17.8. The van der Waals surface area contributed by atoms with E-state index in [-0.39, 0.29) is 5.91 Å². The quantitative estimate of drug-likeness (QED) is 0.657. The van der Waals surface area contributed by atoms with Gasteiger partial charge in [0.15, 0.2) is 5.13 Å². The van der Waals surface area contributed by atoms with Crippen LogP contribution in [0, 0.1) is 13.8 Å². The number of thiazole rings is 1. The summed E-state index contributed by atoms with van der Waals surface area (Å²) >= 11 is 7.27. The molecule has 0 unspecified atom stereocenters. The summed E-state index contributed by atoms with van der Waals surface area (Å²) in [4.78, 5) is 16.6. The normalized spacial score (nSPS) is 10.5. The standard InChI is InChI=1S/C19H18ClN3OS/c1-12-3-8-16(13(2)9-12)22-19-23-17(11-25-19)18(24)21-10-14-4-6-15(20)7-5-14/h3-9,11H,10H2,1-2H3,(H,21,24)(H,22,23). The highest BCUT2D eigenvalue weighted by molar-refractivity contribution is 7.14. The molecule has 128 valence electrons. The number of aryl methyl sites for hydroxylation is 2. The third kappa shape index (κ3) is 4.59. The molecule has 0 fully saturated rings. The zero-order valence-electron chi connectivity index (χ0n) is 14.0. The smallest absolute Gasteiger partial charge is 0.271 e. The van der Waals surface area contributed by atoms with Gasteiger partial charge in [0.05, 0.1) is 0 Å². The van der Waals surface area contributed by atoms with Crippen molar-refractivity contribution < 1.29 is 4.79 Å². The minimum absolute atomic E-state index is 0.195. The summed E-state index contributed by atoms with van der Waals surface area (Å²) in [5, 5.41) is 9.26. The molecule has 1 aromatic heterocycles. The van der Waals surface area contributed by atoms with E-state index in [2.05, 4.69) is 28.6 Å². The SMILES string of the molecule is Cc1ccc(Nc2nc(C(=O)NCc3ccc(Cl)cc3)cs2)c(C)c1. The van der Waals surface area contributed by atoms with Crippen LogP contribution in [0.4, 0.5) is 10.8 Å². The average molecular weight is 372 g/mol. The molecule has 25 heavy (non-hydrogen) atoms. The Morgan fingerprint density at radius 1 is 1.16 bits per heavy atom. The molecule has 3 aromatic rings. The van der Waals surface area contributed by atoms with Crippen molar-refractivity contribution in [3.05, 3.63) is 75.3 Å². The number of hydrogen-bond donors (Lipinski definition) is 2. The summed E-state index contributed by atoms with van der Waals surface area (Å²) in [5.41, 5.74) is 4.74. The van der Waals surface area contributed by atoms with Crippen molar-refractivity contribution in [2.75, 3.05) is 5.32 Å². The third-order valence-electron chi connectivity index (χ3n) is 3.73. The van der Waals surface area contributed by atoms with Crippen molar-refractivity contribution in [2.24, 2.45) is 0 Å². The van der Waals surface area contributed by atoms with Gasteiger partial charge in [-0.25, -0.2) is 4.98 Å². The zero-order valence-corrected chi connectivity index (χ0v) is 15.5. The first-order valence-electron chi connectivity index (χ1n) is 7.84. The molecular weight excluding hydrogens is 354 g/mol. The van der Waals surface area contributed by atoms with Gasteiger partial charge in [-0.15, -0.1) is 11.3 Å². The first-order valence-corrected chi connectivity index (χ1v) is 9.09. The van der Waals surface area contributed by atoms with E-state index in [1.54, 1.807) is 17.5 Å². The van der Waals surface area contributed by atoms with Gasteiger partial charge in [-0.2, -0.15) is 0 Å². The topological polar surface area (TPSA) is 54.0 Å². The maximum absolute atomic E-state index is 12.2. The number of hydrogen-bond acceptors (Lipinski definition) is 4. The highest BCUT2D eigenvalue weighted by atomic mass is 35.5. The molecular formula is C19H18ClN3OS. The number of halogens is 1. The minimum Gasteiger partial charge on any atom is -0.347 e. The van der Waals surface area contributed by atoms with E-state index in [1.807, 2.05) is 31.2 Å². The van der Waals surface area contributed by atoms with Crippen LogP contribution in [0.2, 0.25) is 5.02 Å². The monoisotopic (exact) mass is 371 g/mol. The molecule has 2 N–H and O–H groups in total. The molecule has 0 spiro atoms. The van der Waals surface area contributed by atoms with Gasteiger partial charge < -0.3 is 10.6 Å². The maximum Gasteiger partial charge on any atom is 0.271 e. The molecule has 0 saturated heterocycles. The molecule has 6 heteroatoms. The molecule has 0 aliphatic heterocycles. The number of carbonyl (C=O) groups excluding carboxylic acids is 1. The van der Waals surface area contributed by atoms with Crippen LogP contribution in [0.5, 0.6) is 0 Å². The van der Waals surface area contributed by atoms with Crippen molar-refractivity contribution in [2.45, 2.75) is 20.4 Å². The van der Waals surface area contributed by atoms with Gasteiger partial charge in [0, 0.05) is 22.6 Å². The van der Waals surface area contributed by atoms with Crippen LogP contribution in [-0.2, 0) is 6.54 Å². The molecule has 0 aliphatic rings. The van der Waals surface area contributed by atoms with Crippen LogP contribution >= 0.6 is 22.9 Å². The molecule has 0 bridgehead atoms. The number of anilines is 2. The second kappa shape index (κ2) is 7.68.